The summed E-state index contributed by atoms with van der Waals surface area (Å²) in [6.45, 7) is 7.93. The molecule has 0 fully saturated rings. The number of hydrogen-bond acceptors (Lipinski definition) is 3. The van der Waals surface area contributed by atoms with E-state index in [9.17, 15) is 9.90 Å². The number of hydrogen-bond donors (Lipinski definition) is 2. The zero-order chi connectivity index (χ0) is 13.4. The molecule has 0 bridgehead atoms. The first-order chi connectivity index (χ1) is 8.69. The van der Waals surface area contributed by atoms with Crippen LogP contribution in [0.2, 0.25) is 0 Å². The quantitative estimate of drug-likeness (QED) is 0.726. The van der Waals surface area contributed by atoms with E-state index in [0.29, 0.717) is 12.1 Å². The molecular formula is C14H22N2O2. The van der Waals surface area contributed by atoms with E-state index in [1.54, 1.807) is 18.2 Å². The first kappa shape index (κ1) is 14.5. The van der Waals surface area contributed by atoms with E-state index in [0.717, 1.165) is 26.1 Å². The smallest absolute Gasteiger partial charge is 0.255 e. The fourth-order valence-electron chi connectivity index (χ4n) is 1.81. The molecule has 4 heteroatoms. The van der Waals surface area contributed by atoms with Gasteiger partial charge < -0.3 is 15.3 Å². The summed E-state index contributed by atoms with van der Waals surface area (Å²) in [5.74, 6) is -0.189. The fraction of sp³-hybridized carbons (Fsp3) is 0.500. The van der Waals surface area contributed by atoms with E-state index in [2.05, 4.69) is 24.1 Å². The highest BCUT2D eigenvalue weighted by Crippen LogP contribution is 2.14. The van der Waals surface area contributed by atoms with Crippen LogP contribution < -0.4 is 5.32 Å². The van der Waals surface area contributed by atoms with Crippen molar-refractivity contribution >= 4 is 5.91 Å². The number of phenolic OH excluding ortho intramolecular Hbond substituents is 1. The second-order valence-corrected chi connectivity index (χ2v) is 4.15. The van der Waals surface area contributed by atoms with E-state index in [1.807, 2.05) is 0 Å². The van der Waals surface area contributed by atoms with Crippen LogP contribution in [0.3, 0.4) is 0 Å². The summed E-state index contributed by atoms with van der Waals surface area (Å²) >= 11 is 0. The summed E-state index contributed by atoms with van der Waals surface area (Å²) < 4.78 is 0. The number of phenols is 1. The van der Waals surface area contributed by atoms with Gasteiger partial charge in [-0.05, 0) is 38.2 Å². The minimum Gasteiger partial charge on any atom is -0.507 e. The Kier molecular flexibility index (Phi) is 6.22. The van der Waals surface area contributed by atoms with Crippen molar-refractivity contribution in [1.29, 1.82) is 0 Å². The Balaban J connectivity index is 2.32. The second kappa shape index (κ2) is 7.71. The van der Waals surface area contributed by atoms with Crippen LogP contribution >= 0.6 is 0 Å². The number of rotatable bonds is 7. The first-order valence-electron chi connectivity index (χ1n) is 6.47. The molecule has 0 radical (unpaired) electrons. The van der Waals surface area contributed by atoms with Gasteiger partial charge in [0.25, 0.3) is 5.91 Å². The first-order valence-corrected chi connectivity index (χ1v) is 6.47. The molecule has 0 saturated carbocycles. The fourth-order valence-corrected chi connectivity index (χ4v) is 1.81. The zero-order valence-electron chi connectivity index (χ0n) is 11.1. The molecule has 0 heterocycles. The molecule has 0 aliphatic heterocycles. The molecule has 0 saturated heterocycles. The van der Waals surface area contributed by atoms with Crippen molar-refractivity contribution in [2.45, 2.75) is 20.3 Å². The Morgan fingerprint density at radius 1 is 1.28 bits per heavy atom. The molecule has 1 rings (SSSR count). The molecule has 18 heavy (non-hydrogen) atoms. The van der Waals surface area contributed by atoms with Crippen molar-refractivity contribution in [3.63, 3.8) is 0 Å². The lowest BCUT2D eigenvalue weighted by molar-refractivity contribution is 0.0949. The maximum absolute atomic E-state index is 11.8. The molecule has 1 aromatic rings. The van der Waals surface area contributed by atoms with Gasteiger partial charge in [0.15, 0.2) is 0 Å². The molecule has 0 spiro atoms. The van der Waals surface area contributed by atoms with Crippen LogP contribution in [0.1, 0.15) is 30.6 Å². The highest BCUT2D eigenvalue weighted by atomic mass is 16.3. The summed E-state index contributed by atoms with van der Waals surface area (Å²) in [4.78, 5) is 14.1. The molecule has 1 aromatic carbocycles. The van der Waals surface area contributed by atoms with Gasteiger partial charge in [0.2, 0.25) is 0 Å². The SMILES string of the molecule is CCN(CC)CCCNC(=O)c1ccccc1O. The zero-order valence-corrected chi connectivity index (χ0v) is 11.1. The lowest BCUT2D eigenvalue weighted by Gasteiger charge is -2.17. The predicted molar refractivity (Wildman–Crippen MR) is 72.8 cm³/mol. The molecule has 0 aromatic heterocycles. The topological polar surface area (TPSA) is 52.6 Å². The number of aromatic hydroxyl groups is 1. The maximum Gasteiger partial charge on any atom is 0.255 e. The molecule has 100 valence electrons. The van der Waals surface area contributed by atoms with Gasteiger partial charge in [-0.2, -0.15) is 0 Å². The summed E-state index contributed by atoms with van der Waals surface area (Å²) in [6.07, 6.45) is 0.918. The lowest BCUT2D eigenvalue weighted by Crippen LogP contribution is -2.29. The molecule has 4 nitrogen and oxygen atoms in total. The van der Waals surface area contributed by atoms with Crippen LogP contribution in [-0.4, -0.2) is 42.1 Å². The van der Waals surface area contributed by atoms with Gasteiger partial charge in [0.1, 0.15) is 5.75 Å². The monoisotopic (exact) mass is 250 g/mol. The molecule has 0 aliphatic rings. The van der Waals surface area contributed by atoms with Gasteiger partial charge in [-0.25, -0.2) is 0 Å². The third kappa shape index (κ3) is 4.37. The molecular weight excluding hydrogens is 228 g/mol. The van der Waals surface area contributed by atoms with Gasteiger partial charge in [-0.15, -0.1) is 0 Å². The van der Waals surface area contributed by atoms with Crippen molar-refractivity contribution < 1.29 is 9.90 Å². The van der Waals surface area contributed by atoms with Gasteiger partial charge >= 0.3 is 0 Å². The largest absolute Gasteiger partial charge is 0.507 e. The molecule has 1 amide bonds. The van der Waals surface area contributed by atoms with Gasteiger partial charge in [-0.1, -0.05) is 26.0 Å². The Labute approximate surface area is 109 Å². The Hall–Kier alpha value is -1.55. The van der Waals surface area contributed by atoms with Crippen LogP contribution in [0.4, 0.5) is 0 Å². The number of nitrogens with one attached hydrogen (secondary N) is 1. The van der Waals surface area contributed by atoms with Crippen LogP contribution in [0.15, 0.2) is 24.3 Å². The van der Waals surface area contributed by atoms with Gasteiger partial charge in [-0.3, -0.25) is 4.79 Å². The van der Waals surface area contributed by atoms with Crippen molar-refractivity contribution in [1.82, 2.24) is 10.2 Å². The van der Waals surface area contributed by atoms with Gasteiger partial charge in [0.05, 0.1) is 5.56 Å². The van der Waals surface area contributed by atoms with E-state index in [1.165, 1.54) is 6.07 Å². The third-order valence-electron chi connectivity index (χ3n) is 2.98. The second-order valence-electron chi connectivity index (χ2n) is 4.15. The average Bonchev–Trinajstić information content (AvgIpc) is 2.39. The van der Waals surface area contributed by atoms with Crippen LogP contribution in [0.25, 0.3) is 0 Å². The number of para-hydroxylation sites is 1. The van der Waals surface area contributed by atoms with Crippen molar-refractivity contribution in [3.05, 3.63) is 29.8 Å². The number of amides is 1. The number of nitrogens with zero attached hydrogens (tertiary/aromatic N) is 1. The van der Waals surface area contributed by atoms with Crippen molar-refractivity contribution in [3.8, 4) is 5.75 Å². The minimum absolute atomic E-state index is 0.0266. The van der Waals surface area contributed by atoms with Crippen molar-refractivity contribution in [2.24, 2.45) is 0 Å². The van der Waals surface area contributed by atoms with Crippen LogP contribution in [0, 0.1) is 0 Å². The van der Waals surface area contributed by atoms with E-state index in [-0.39, 0.29) is 11.7 Å². The molecule has 0 unspecified atom stereocenters. The Morgan fingerprint density at radius 2 is 1.94 bits per heavy atom. The van der Waals surface area contributed by atoms with Gasteiger partial charge in [0, 0.05) is 6.54 Å². The molecule has 0 atom stereocenters. The standard InChI is InChI=1S/C14H22N2O2/c1-3-16(4-2)11-7-10-15-14(18)12-8-5-6-9-13(12)17/h5-6,8-9,17H,3-4,7,10-11H2,1-2H3,(H,15,18). The average molecular weight is 250 g/mol. The summed E-state index contributed by atoms with van der Waals surface area (Å²) in [7, 11) is 0. The van der Waals surface area contributed by atoms with Crippen LogP contribution in [0.5, 0.6) is 5.75 Å². The van der Waals surface area contributed by atoms with E-state index >= 15 is 0 Å². The van der Waals surface area contributed by atoms with Crippen LogP contribution in [-0.2, 0) is 0 Å². The van der Waals surface area contributed by atoms with E-state index < -0.39 is 0 Å². The van der Waals surface area contributed by atoms with E-state index in [4.69, 9.17) is 0 Å². The number of carbonyl (C=O) groups is 1. The number of benzene rings is 1. The maximum atomic E-state index is 11.8. The lowest BCUT2D eigenvalue weighted by atomic mass is 10.2. The summed E-state index contributed by atoms with van der Waals surface area (Å²) in [6, 6.07) is 6.58. The molecule has 2 N–H and O–H groups in total. The van der Waals surface area contributed by atoms with Crippen molar-refractivity contribution in [2.75, 3.05) is 26.2 Å². The predicted octanol–water partition coefficient (Wildman–Crippen LogP) is 1.85. The highest BCUT2D eigenvalue weighted by Gasteiger charge is 2.09. The summed E-state index contributed by atoms with van der Waals surface area (Å²) in [5.41, 5.74) is 0.334. The normalized spacial score (nSPS) is 10.6. The highest BCUT2D eigenvalue weighted by molar-refractivity contribution is 5.96. The third-order valence-corrected chi connectivity index (χ3v) is 2.98. The summed E-state index contributed by atoms with van der Waals surface area (Å²) in [5, 5.41) is 12.4. The minimum atomic E-state index is -0.215. The number of carbonyl (C=O) groups excluding carboxylic acids is 1. The Morgan fingerprint density at radius 3 is 2.56 bits per heavy atom. The Bertz CT molecular complexity index is 376. The molecule has 0 aliphatic carbocycles.